The van der Waals surface area contributed by atoms with Gasteiger partial charge in [0.1, 0.15) is 5.60 Å². The van der Waals surface area contributed by atoms with Crippen molar-refractivity contribution in [3.05, 3.63) is 0 Å². The van der Waals surface area contributed by atoms with E-state index in [0.29, 0.717) is 26.2 Å². The molecule has 0 saturated carbocycles. The van der Waals surface area contributed by atoms with E-state index in [1.807, 2.05) is 20.8 Å². The third-order valence-electron chi connectivity index (χ3n) is 4.03. The molecule has 6 nitrogen and oxygen atoms in total. The van der Waals surface area contributed by atoms with Crippen LogP contribution in [-0.2, 0) is 4.74 Å². The lowest BCUT2D eigenvalue weighted by atomic mass is 10.1. The highest BCUT2D eigenvalue weighted by molar-refractivity contribution is 5.75. The Hall–Kier alpha value is -1.46. The minimum atomic E-state index is -0.483. The van der Waals surface area contributed by atoms with E-state index >= 15 is 0 Å². The Kier molecular flexibility index (Phi) is 8.93. The van der Waals surface area contributed by atoms with Gasteiger partial charge < -0.3 is 19.9 Å². The molecule has 1 aliphatic heterocycles. The van der Waals surface area contributed by atoms with Crippen LogP contribution < -0.4 is 5.32 Å². The lowest BCUT2D eigenvalue weighted by Crippen LogP contribution is -2.54. The third kappa shape index (κ3) is 8.41. The van der Waals surface area contributed by atoms with Gasteiger partial charge in [0.05, 0.1) is 0 Å². The first-order valence-corrected chi connectivity index (χ1v) is 9.34. The maximum absolute atomic E-state index is 12.1. The largest absolute Gasteiger partial charge is 0.444 e. The van der Waals surface area contributed by atoms with Gasteiger partial charge in [-0.15, -0.1) is 0 Å². The van der Waals surface area contributed by atoms with E-state index in [9.17, 15) is 9.59 Å². The maximum atomic E-state index is 12.1. The van der Waals surface area contributed by atoms with Gasteiger partial charge in [-0.3, -0.25) is 0 Å². The number of amides is 3. The van der Waals surface area contributed by atoms with Crippen LogP contribution in [0.5, 0.6) is 0 Å². The molecule has 1 aliphatic rings. The zero-order valence-corrected chi connectivity index (χ0v) is 15.9. The number of nitrogens with one attached hydrogen (secondary N) is 1. The normalized spacial score (nSPS) is 15.3. The van der Waals surface area contributed by atoms with Crippen LogP contribution >= 0.6 is 0 Å². The van der Waals surface area contributed by atoms with Crippen LogP contribution in [0, 0.1) is 0 Å². The van der Waals surface area contributed by atoms with Crippen molar-refractivity contribution in [1.29, 1.82) is 0 Å². The van der Waals surface area contributed by atoms with E-state index in [1.165, 1.54) is 32.1 Å². The average molecular weight is 341 g/mol. The number of carbonyl (C=O) groups is 2. The summed E-state index contributed by atoms with van der Waals surface area (Å²) in [5, 5.41) is 2.98. The molecule has 0 aromatic heterocycles. The van der Waals surface area contributed by atoms with E-state index in [0.717, 1.165) is 13.0 Å². The molecule has 0 bridgehead atoms. The Bertz CT molecular complexity index is 385. The summed E-state index contributed by atoms with van der Waals surface area (Å²) in [6, 6.07) is -0.0209. The summed E-state index contributed by atoms with van der Waals surface area (Å²) in [5.41, 5.74) is -0.483. The first-order chi connectivity index (χ1) is 11.3. The van der Waals surface area contributed by atoms with E-state index in [4.69, 9.17) is 4.74 Å². The third-order valence-corrected chi connectivity index (χ3v) is 4.03. The number of nitrogens with zero attached hydrogens (tertiary/aromatic N) is 2. The lowest BCUT2D eigenvalue weighted by molar-refractivity contribution is 0.0170. The van der Waals surface area contributed by atoms with Crippen LogP contribution in [0.25, 0.3) is 0 Å². The highest BCUT2D eigenvalue weighted by Gasteiger charge is 2.27. The fraction of sp³-hybridized carbons (Fsp3) is 0.889. The van der Waals surface area contributed by atoms with E-state index in [2.05, 4.69) is 12.2 Å². The minimum Gasteiger partial charge on any atom is -0.444 e. The molecule has 0 aromatic rings. The first-order valence-electron chi connectivity index (χ1n) is 9.34. The average Bonchev–Trinajstić information content (AvgIpc) is 2.52. The number of ether oxygens (including phenoxy) is 1. The van der Waals surface area contributed by atoms with E-state index < -0.39 is 5.60 Å². The van der Waals surface area contributed by atoms with E-state index in [-0.39, 0.29) is 12.1 Å². The molecule has 6 heteroatoms. The van der Waals surface area contributed by atoms with Crippen LogP contribution in [0.1, 0.15) is 66.2 Å². The number of unbranched alkanes of at least 4 members (excludes halogenated alkanes) is 5. The molecule has 0 spiro atoms. The van der Waals surface area contributed by atoms with Crippen LogP contribution in [0.2, 0.25) is 0 Å². The van der Waals surface area contributed by atoms with Gasteiger partial charge in [0.2, 0.25) is 0 Å². The zero-order chi connectivity index (χ0) is 18.0. The number of hydrogen-bond acceptors (Lipinski definition) is 3. The van der Waals surface area contributed by atoms with Crippen molar-refractivity contribution in [2.75, 3.05) is 32.7 Å². The quantitative estimate of drug-likeness (QED) is 0.720. The van der Waals surface area contributed by atoms with E-state index in [1.54, 1.807) is 9.80 Å². The standard InChI is InChI=1S/C18H35N3O3/c1-5-6-7-8-9-10-11-19-16(22)20-12-14-21(15-13-20)17(23)24-18(2,3)4/h5-15H2,1-4H3,(H,19,22). The molecule has 0 aliphatic carbocycles. The summed E-state index contributed by atoms with van der Waals surface area (Å²) in [6.07, 6.45) is 7.00. The summed E-state index contributed by atoms with van der Waals surface area (Å²) in [6.45, 7) is 10.7. The van der Waals surface area contributed by atoms with Crippen molar-refractivity contribution in [3.8, 4) is 0 Å². The predicted molar refractivity (Wildman–Crippen MR) is 96.2 cm³/mol. The number of hydrogen-bond donors (Lipinski definition) is 1. The molecular formula is C18H35N3O3. The highest BCUT2D eigenvalue weighted by atomic mass is 16.6. The number of rotatable bonds is 7. The molecule has 24 heavy (non-hydrogen) atoms. The molecule has 1 rings (SSSR count). The molecule has 0 aromatic carbocycles. The van der Waals surface area contributed by atoms with Crippen molar-refractivity contribution in [2.45, 2.75) is 71.8 Å². The number of carbonyl (C=O) groups excluding carboxylic acids is 2. The van der Waals surface area contributed by atoms with Gasteiger partial charge in [0, 0.05) is 32.7 Å². The summed E-state index contributed by atoms with van der Waals surface area (Å²) in [7, 11) is 0. The van der Waals surface area contributed by atoms with Crippen LogP contribution in [0.15, 0.2) is 0 Å². The van der Waals surface area contributed by atoms with Gasteiger partial charge in [-0.05, 0) is 27.2 Å². The molecule has 140 valence electrons. The van der Waals surface area contributed by atoms with Gasteiger partial charge in [-0.2, -0.15) is 0 Å². The molecule has 1 saturated heterocycles. The van der Waals surface area contributed by atoms with Crippen LogP contribution in [0.3, 0.4) is 0 Å². The van der Waals surface area contributed by atoms with Crippen molar-refractivity contribution < 1.29 is 14.3 Å². The zero-order valence-electron chi connectivity index (χ0n) is 15.9. The first kappa shape index (κ1) is 20.6. The molecule has 0 unspecified atom stereocenters. The summed E-state index contributed by atoms with van der Waals surface area (Å²) in [4.78, 5) is 27.6. The molecule has 0 atom stereocenters. The van der Waals surface area contributed by atoms with Gasteiger partial charge in [-0.1, -0.05) is 39.0 Å². The summed E-state index contributed by atoms with van der Waals surface area (Å²) < 4.78 is 5.36. The highest BCUT2D eigenvalue weighted by Crippen LogP contribution is 2.12. The summed E-state index contributed by atoms with van der Waals surface area (Å²) >= 11 is 0. The number of piperazine rings is 1. The van der Waals surface area contributed by atoms with Gasteiger partial charge in [-0.25, -0.2) is 9.59 Å². The molecule has 1 N–H and O–H groups in total. The van der Waals surface area contributed by atoms with Crippen molar-refractivity contribution >= 4 is 12.1 Å². The van der Waals surface area contributed by atoms with Crippen molar-refractivity contribution in [1.82, 2.24) is 15.1 Å². The SMILES string of the molecule is CCCCCCCCNC(=O)N1CCN(C(=O)OC(C)(C)C)CC1. The number of urea groups is 1. The molecule has 3 amide bonds. The van der Waals surface area contributed by atoms with Gasteiger partial charge in [0.25, 0.3) is 0 Å². The summed E-state index contributed by atoms with van der Waals surface area (Å²) in [5.74, 6) is 0. The second-order valence-corrected chi connectivity index (χ2v) is 7.45. The van der Waals surface area contributed by atoms with Gasteiger partial charge >= 0.3 is 12.1 Å². The Morgan fingerprint density at radius 2 is 1.46 bits per heavy atom. The fourth-order valence-electron chi connectivity index (χ4n) is 2.63. The predicted octanol–water partition coefficient (Wildman–Crippen LogP) is 3.61. The molecule has 0 radical (unpaired) electrons. The fourth-order valence-corrected chi connectivity index (χ4v) is 2.63. The second kappa shape index (κ2) is 10.4. The Morgan fingerprint density at radius 3 is 2.04 bits per heavy atom. The van der Waals surface area contributed by atoms with Crippen molar-refractivity contribution in [3.63, 3.8) is 0 Å². The van der Waals surface area contributed by atoms with Gasteiger partial charge in [0.15, 0.2) is 0 Å². The van der Waals surface area contributed by atoms with Crippen LogP contribution in [-0.4, -0.2) is 60.2 Å². The van der Waals surface area contributed by atoms with Crippen molar-refractivity contribution in [2.24, 2.45) is 0 Å². The monoisotopic (exact) mass is 341 g/mol. The van der Waals surface area contributed by atoms with Crippen LogP contribution in [0.4, 0.5) is 9.59 Å². The molecule has 1 fully saturated rings. The Labute approximate surface area is 146 Å². The Morgan fingerprint density at radius 1 is 0.917 bits per heavy atom. The Balaban J connectivity index is 2.15. The maximum Gasteiger partial charge on any atom is 0.410 e. The minimum absolute atomic E-state index is 0.0209. The lowest BCUT2D eigenvalue weighted by Gasteiger charge is -2.35. The smallest absolute Gasteiger partial charge is 0.410 e. The molecular weight excluding hydrogens is 306 g/mol. The second-order valence-electron chi connectivity index (χ2n) is 7.45. The molecule has 1 heterocycles. The topological polar surface area (TPSA) is 61.9 Å².